The minimum Gasteiger partial charge on any atom is -0.496 e. The largest absolute Gasteiger partial charge is 0.496 e. The summed E-state index contributed by atoms with van der Waals surface area (Å²) in [6.07, 6.45) is 6.84. The molecule has 5 saturated heterocycles. The van der Waals surface area contributed by atoms with Crippen molar-refractivity contribution in [2.45, 2.75) is 95.0 Å². The number of carbonyl (C=O) groups is 1. The number of hydrogen-bond donors (Lipinski definition) is 0. The number of esters is 1. The van der Waals surface area contributed by atoms with E-state index in [-0.39, 0.29) is 29.6 Å². The fourth-order valence-corrected chi connectivity index (χ4v) is 8.05. The highest BCUT2D eigenvalue weighted by atomic mass is 16.7. The van der Waals surface area contributed by atoms with Gasteiger partial charge in [0.05, 0.1) is 18.8 Å². The van der Waals surface area contributed by atoms with Gasteiger partial charge in [0.2, 0.25) is 0 Å². The molecule has 0 saturated carbocycles. The number of hydrogen-bond acceptors (Lipinski definition) is 6. The molecule has 29 heavy (non-hydrogen) atoms. The van der Waals surface area contributed by atoms with Gasteiger partial charge in [-0.3, -0.25) is 4.90 Å². The summed E-state index contributed by atoms with van der Waals surface area (Å²) in [7, 11) is 1.62. The van der Waals surface area contributed by atoms with Crippen molar-refractivity contribution in [1.82, 2.24) is 4.90 Å². The molecule has 0 amide bonds. The van der Waals surface area contributed by atoms with Gasteiger partial charge in [-0.15, -0.1) is 0 Å². The van der Waals surface area contributed by atoms with Gasteiger partial charge in [-0.2, -0.15) is 0 Å². The fourth-order valence-electron chi connectivity index (χ4n) is 8.05. The monoisotopic (exact) mass is 403 g/mol. The molecule has 6 heteroatoms. The molecular weight excluding hydrogens is 370 g/mol. The standard InChI is InChI=1S/C23H33NO5/c1-5-6-8-22-11-14-7-9-24(22)15-10-16(22)28-23(14)17(15)12(2)19(29-23)20-18(26-4)13(3)21(25)27-20/h12,14-17,19-20H,5-11H2,1-4H3/t12-,14+,15-,16-,17+,19-,20+,22-,23+/m0/s1. The molecule has 160 valence electrons. The van der Waals surface area contributed by atoms with Crippen molar-refractivity contribution in [3.63, 3.8) is 0 Å². The predicted molar refractivity (Wildman–Crippen MR) is 105 cm³/mol. The lowest BCUT2D eigenvalue weighted by atomic mass is 9.65. The molecule has 5 bridgehead atoms. The maximum absolute atomic E-state index is 12.2. The summed E-state index contributed by atoms with van der Waals surface area (Å²) in [4.78, 5) is 15.1. The van der Waals surface area contributed by atoms with Crippen LogP contribution < -0.4 is 0 Å². The van der Waals surface area contributed by atoms with Crippen LogP contribution in [0, 0.1) is 17.8 Å². The SMILES string of the molecule is CCCC[C@@]12C[C@H]3CCN1[C@H]1C[C@@H]2O[C@@]32O[C@H]([C@@H]3OC(=O)C(C)=C3OC)[C@@H](C)[C@H]12. The predicted octanol–water partition coefficient (Wildman–Crippen LogP) is 3.01. The number of cyclic esters (lactones) is 1. The average molecular weight is 404 g/mol. The van der Waals surface area contributed by atoms with Gasteiger partial charge in [0.15, 0.2) is 11.9 Å². The Morgan fingerprint density at radius 1 is 1.31 bits per heavy atom. The van der Waals surface area contributed by atoms with Gasteiger partial charge < -0.3 is 18.9 Å². The van der Waals surface area contributed by atoms with E-state index in [9.17, 15) is 4.79 Å². The summed E-state index contributed by atoms with van der Waals surface area (Å²) >= 11 is 0. The summed E-state index contributed by atoms with van der Waals surface area (Å²) in [5, 5.41) is 0. The van der Waals surface area contributed by atoms with Gasteiger partial charge in [0.1, 0.15) is 11.9 Å². The van der Waals surface area contributed by atoms with Crippen molar-refractivity contribution in [3.05, 3.63) is 11.3 Å². The first kappa shape index (κ1) is 18.6. The number of fused-ring (bicyclic) bond motifs is 4. The number of carbonyl (C=O) groups excluding carboxylic acids is 1. The normalized spacial score (nSPS) is 52.4. The van der Waals surface area contributed by atoms with E-state index in [1.54, 1.807) is 14.0 Å². The lowest BCUT2D eigenvalue weighted by Crippen LogP contribution is -2.64. The smallest absolute Gasteiger partial charge is 0.338 e. The minimum atomic E-state index is -0.514. The second-order valence-corrected chi connectivity index (χ2v) is 10.2. The van der Waals surface area contributed by atoms with Crippen LogP contribution >= 0.6 is 0 Å². The van der Waals surface area contributed by atoms with E-state index >= 15 is 0 Å². The lowest BCUT2D eigenvalue weighted by molar-refractivity contribution is -0.341. The fraction of sp³-hybridized carbons (Fsp3) is 0.870. The Morgan fingerprint density at radius 3 is 2.90 bits per heavy atom. The van der Waals surface area contributed by atoms with Crippen LogP contribution in [0.2, 0.25) is 0 Å². The average Bonchev–Trinajstić information content (AvgIpc) is 3.25. The van der Waals surface area contributed by atoms with E-state index in [2.05, 4.69) is 18.7 Å². The van der Waals surface area contributed by atoms with Crippen LogP contribution in [0.4, 0.5) is 0 Å². The van der Waals surface area contributed by atoms with Crippen molar-refractivity contribution in [1.29, 1.82) is 0 Å². The number of methoxy groups -OCH3 is 1. The number of rotatable bonds is 5. The van der Waals surface area contributed by atoms with Gasteiger partial charge in [-0.1, -0.05) is 26.7 Å². The Labute approximate surface area is 172 Å². The molecule has 6 nitrogen and oxygen atoms in total. The zero-order valence-corrected chi connectivity index (χ0v) is 18.0. The molecule has 0 unspecified atom stereocenters. The summed E-state index contributed by atoms with van der Waals surface area (Å²) in [6.45, 7) is 7.51. The van der Waals surface area contributed by atoms with Crippen molar-refractivity contribution < 1.29 is 23.7 Å². The zero-order valence-electron chi connectivity index (χ0n) is 18.0. The number of piperidine rings is 1. The maximum atomic E-state index is 12.2. The van der Waals surface area contributed by atoms with Crippen LogP contribution in [0.25, 0.3) is 0 Å². The Morgan fingerprint density at radius 2 is 2.14 bits per heavy atom. The maximum Gasteiger partial charge on any atom is 0.338 e. The number of nitrogens with zero attached hydrogens (tertiary/aromatic N) is 1. The summed E-state index contributed by atoms with van der Waals surface area (Å²) in [6, 6.07) is 0.520. The highest BCUT2D eigenvalue weighted by molar-refractivity contribution is 5.91. The topological polar surface area (TPSA) is 57.2 Å². The van der Waals surface area contributed by atoms with Crippen molar-refractivity contribution in [2.75, 3.05) is 13.7 Å². The molecular formula is C23H33NO5. The first-order valence-corrected chi connectivity index (χ1v) is 11.5. The molecule has 0 aromatic heterocycles. The van der Waals surface area contributed by atoms with Crippen LogP contribution in [0.5, 0.6) is 0 Å². The first-order valence-electron chi connectivity index (χ1n) is 11.5. The Balaban J connectivity index is 1.37. The van der Waals surface area contributed by atoms with Crippen LogP contribution in [-0.2, 0) is 23.7 Å². The summed E-state index contributed by atoms with van der Waals surface area (Å²) in [5.41, 5.74) is 0.793. The van der Waals surface area contributed by atoms with E-state index in [1.807, 2.05) is 0 Å². The Kier molecular flexibility index (Phi) is 3.85. The molecule has 6 aliphatic rings. The highest BCUT2D eigenvalue weighted by Crippen LogP contribution is 2.68. The molecule has 0 aliphatic carbocycles. The molecule has 1 spiro atoms. The molecule has 9 atom stereocenters. The molecule has 0 N–H and O–H groups in total. The van der Waals surface area contributed by atoms with Crippen molar-refractivity contribution >= 4 is 5.97 Å². The van der Waals surface area contributed by atoms with E-state index in [0.717, 1.165) is 12.8 Å². The third-order valence-electron chi connectivity index (χ3n) is 9.17. The second-order valence-electron chi connectivity index (χ2n) is 10.2. The minimum absolute atomic E-state index is 0.207. The van der Waals surface area contributed by atoms with E-state index in [0.29, 0.717) is 29.2 Å². The highest BCUT2D eigenvalue weighted by Gasteiger charge is 2.77. The van der Waals surface area contributed by atoms with Crippen LogP contribution in [0.15, 0.2) is 11.3 Å². The van der Waals surface area contributed by atoms with Crippen molar-refractivity contribution in [3.8, 4) is 0 Å². The Bertz CT molecular complexity index is 781. The molecule has 6 rings (SSSR count). The zero-order chi connectivity index (χ0) is 20.1. The summed E-state index contributed by atoms with van der Waals surface area (Å²) in [5.74, 6) is 0.844. The van der Waals surface area contributed by atoms with Crippen LogP contribution in [-0.4, -0.2) is 60.2 Å². The third kappa shape index (κ3) is 2.06. The van der Waals surface area contributed by atoms with Crippen LogP contribution in [0.3, 0.4) is 0 Å². The van der Waals surface area contributed by atoms with Gasteiger partial charge in [0, 0.05) is 23.4 Å². The quantitative estimate of drug-likeness (QED) is 0.658. The lowest BCUT2D eigenvalue weighted by Gasteiger charge is -2.56. The molecule has 6 aliphatic heterocycles. The number of unbranched alkanes of at least 4 members (excludes halogenated alkanes) is 1. The Hall–Kier alpha value is -1.11. The molecule has 0 radical (unpaired) electrons. The van der Waals surface area contributed by atoms with Crippen molar-refractivity contribution in [2.24, 2.45) is 17.8 Å². The first-order chi connectivity index (χ1) is 14.0. The van der Waals surface area contributed by atoms with Gasteiger partial charge >= 0.3 is 5.97 Å². The van der Waals surface area contributed by atoms with E-state index in [1.165, 1.54) is 32.2 Å². The molecule has 5 fully saturated rings. The second kappa shape index (κ2) is 5.98. The van der Waals surface area contributed by atoms with Gasteiger partial charge in [-0.25, -0.2) is 4.79 Å². The van der Waals surface area contributed by atoms with E-state index < -0.39 is 11.9 Å². The van der Waals surface area contributed by atoms with Gasteiger partial charge in [-0.05, 0) is 45.1 Å². The van der Waals surface area contributed by atoms with E-state index in [4.69, 9.17) is 18.9 Å². The molecule has 6 heterocycles. The van der Waals surface area contributed by atoms with Crippen LogP contribution in [0.1, 0.15) is 59.3 Å². The molecule has 0 aromatic rings. The molecule has 0 aromatic carbocycles. The van der Waals surface area contributed by atoms with Gasteiger partial charge in [0.25, 0.3) is 0 Å². The third-order valence-corrected chi connectivity index (χ3v) is 9.17. The number of ether oxygens (including phenoxy) is 4. The summed E-state index contributed by atoms with van der Waals surface area (Å²) < 4.78 is 25.2.